The molecule has 8 heteroatoms. The van der Waals surface area contributed by atoms with E-state index in [1.165, 1.54) is 6.33 Å². The van der Waals surface area contributed by atoms with E-state index < -0.39 is 0 Å². The number of fused-ring (bicyclic) bond motifs is 2. The molecule has 2 N–H and O–H groups in total. The molecule has 0 aliphatic carbocycles. The molecule has 1 aliphatic rings. The van der Waals surface area contributed by atoms with Gasteiger partial charge in [0.1, 0.15) is 17.9 Å². The number of benzene rings is 1. The summed E-state index contributed by atoms with van der Waals surface area (Å²) in [5.41, 5.74) is 2.33. The van der Waals surface area contributed by atoms with Crippen molar-refractivity contribution in [2.45, 2.75) is 31.9 Å². The van der Waals surface area contributed by atoms with Crippen molar-refractivity contribution in [3.8, 4) is 5.88 Å². The van der Waals surface area contributed by atoms with Crippen molar-refractivity contribution in [1.29, 1.82) is 0 Å². The Morgan fingerprint density at radius 2 is 2.00 bits per heavy atom. The summed E-state index contributed by atoms with van der Waals surface area (Å²) in [6.07, 6.45) is 5.37. The minimum absolute atomic E-state index is 0.0733. The first-order valence-corrected chi connectivity index (χ1v) is 10.3. The number of hydrogen-bond acceptors (Lipinski definition) is 7. The highest BCUT2D eigenvalue weighted by Crippen LogP contribution is 2.30. The highest BCUT2D eigenvalue weighted by atomic mass is 16.5. The Labute approximate surface area is 174 Å². The van der Waals surface area contributed by atoms with Gasteiger partial charge in [-0.3, -0.25) is 0 Å². The lowest BCUT2D eigenvalue weighted by molar-refractivity contribution is 0.111. The lowest BCUT2D eigenvalue weighted by atomic mass is 10.1. The molecule has 0 bridgehead atoms. The minimum Gasteiger partial charge on any atom is -0.474 e. The van der Waals surface area contributed by atoms with Gasteiger partial charge in [-0.15, -0.1) is 0 Å². The quantitative estimate of drug-likeness (QED) is 0.526. The van der Waals surface area contributed by atoms with E-state index in [2.05, 4.69) is 62.3 Å². The van der Waals surface area contributed by atoms with Crippen molar-refractivity contribution in [3.63, 3.8) is 0 Å². The minimum atomic E-state index is -0.0733. The number of nitrogens with zero attached hydrogens (tertiary/aromatic N) is 5. The zero-order chi connectivity index (χ0) is 20.5. The number of aromatic nitrogens is 5. The van der Waals surface area contributed by atoms with E-state index in [4.69, 9.17) is 9.72 Å². The molecule has 1 aliphatic heterocycles. The number of pyridine rings is 1. The van der Waals surface area contributed by atoms with E-state index in [1.807, 2.05) is 12.1 Å². The SMILES string of the molecule is CC(Nc1ncnc2nc[nH]c12)c1cc2ccccc2c(OC2CCN(C)CC2)n1. The standard InChI is InChI=1S/C22H25N7O/c1-14(27-21-19-20(24-12-23-19)25-13-26-21)18-11-15-5-3-4-6-17(15)22(28-18)30-16-7-9-29(2)10-8-16/h3-6,11-14,16H,7-10H2,1-2H3,(H2,23,24,25,26,27). The van der Waals surface area contributed by atoms with Crippen LogP contribution in [-0.2, 0) is 0 Å². The molecule has 0 amide bonds. The van der Waals surface area contributed by atoms with Gasteiger partial charge in [-0.2, -0.15) is 0 Å². The van der Waals surface area contributed by atoms with Gasteiger partial charge in [0, 0.05) is 18.5 Å². The molecule has 4 heterocycles. The van der Waals surface area contributed by atoms with Crippen LogP contribution in [0.1, 0.15) is 31.5 Å². The Balaban J connectivity index is 1.45. The highest BCUT2D eigenvalue weighted by Gasteiger charge is 2.21. The van der Waals surface area contributed by atoms with Crippen LogP contribution in [0.4, 0.5) is 5.82 Å². The lowest BCUT2D eigenvalue weighted by Crippen LogP contribution is -2.35. The smallest absolute Gasteiger partial charge is 0.221 e. The fourth-order valence-electron chi connectivity index (χ4n) is 3.91. The molecule has 30 heavy (non-hydrogen) atoms. The largest absolute Gasteiger partial charge is 0.474 e. The molecule has 1 saturated heterocycles. The van der Waals surface area contributed by atoms with Crippen molar-refractivity contribution in [2.24, 2.45) is 0 Å². The summed E-state index contributed by atoms with van der Waals surface area (Å²) in [5.74, 6) is 1.42. The van der Waals surface area contributed by atoms with Gasteiger partial charge in [-0.05, 0) is 44.3 Å². The molecule has 8 nitrogen and oxygen atoms in total. The number of rotatable bonds is 5. The maximum absolute atomic E-state index is 6.41. The molecule has 154 valence electrons. The lowest BCUT2D eigenvalue weighted by Gasteiger charge is -2.29. The van der Waals surface area contributed by atoms with E-state index in [0.717, 1.165) is 47.9 Å². The Bertz CT molecular complexity index is 1170. The molecule has 1 fully saturated rings. The first kappa shape index (κ1) is 18.7. The monoisotopic (exact) mass is 403 g/mol. The second kappa shape index (κ2) is 7.87. The fourth-order valence-corrected chi connectivity index (χ4v) is 3.91. The van der Waals surface area contributed by atoms with Crippen LogP contribution in [0.15, 0.2) is 43.0 Å². The fraction of sp³-hybridized carbons (Fsp3) is 0.364. The number of H-pyrrole nitrogens is 1. The Hall–Kier alpha value is -3.26. The summed E-state index contributed by atoms with van der Waals surface area (Å²) >= 11 is 0. The predicted octanol–water partition coefficient (Wildman–Crippen LogP) is 3.55. The predicted molar refractivity (Wildman–Crippen MR) is 117 cm³/mol. The first-order chi connectivity index (χ1) is 14.7. The number of anilines is 1. The van der Waals surface area contributed by atoms with Crippen LogP contribution < -0.4 is 10.1 Å². The van der Waals surface area contributed by atoms with Crippen molar-refractivity contribution in [1.82, 2.24) is 29.8 Å². The summed E-state index contributed by atoms with van der Waals surface area (Å²) in [7, 11) is 2.15. The first-order valence-electron chi connectivity index (χ1n) is 10.3. The van der Waals surface area contributed by atoms with Gasteiger partial charge in [0.2, 0.25) is 5.88 Å². The van der Waals surface area contributed by atoms with Crippen LogP contribution in [0, 0.1) is 0 Å². The molecule has 5 rings (SSSR count). The van der Waals surface area contributed by atoms with Crippen LogP contribution in [0.25, 0.3) is 21.9 Å². The number of likely N-dealkylation sites (tertiary alicyclic amines) is 1. The summed E-state index contributed by atoms with van der Waals surface area (Å²) in [4.78, 5) is 23.1. The summed E-state index contributed by atoms with van der Waals surface area (Å²) in [6, 6.07) is 10.3. The van der Waals surface area contributed by atoms with E-state index >= 15 is 0 Å². The maximum Gasteiger partial charge on any atom is 0.221 e. The Kier molecular flexibility index (Phi) is 4.92. The third kappa shape index (κ3) is 3.66. The van der Waals surface area contributed by atoms with E-state index in [9.17, 15) is 0 Å². The van der Waals surface area contributed by atoms with Crippen molar-refractivity contribution < 1.29 is 4.74 Å². The Morgan fingerprint density at radius 1 is 1.17 bits per heavy atom. The maximum atomic E-state index is 6.41. The van der Waals surface area contributed by atoms with Crippen LogP contribution in [0.5, 0.6) is 5.88 Å². The third-order valence-corrected chi connectivity index (χ3v) is 5.69. The number of ether oxygens (including phenoxy) is 1. The topological polar surface area (TPSA) is 91.9 Å². The normalized spacial score (nSPS) is 16.7. The Morgan fingerprint density at radius 3 is 2.87 bits per heavy atom. The molecule has 1 aromatic carbocycles. The highest BCUT2D eigenvalue weighted by molar-refractivity contribution is 5.87. The third-order valence-electron chi connectivity index (χ3n) is 5.69. The number of aromatic amines is 1. The van der Waals surface area contributed by atoms with Gasteiger partial charge in [0.25, 0.3) is 0 Å². The van der Waals surface area contributed by atoms with E-state index in [-0.39, 0.29) is 12.1 Å². The van der Waals surface area contributed by atoms with Crippen molar-refractivity contribution >= 4 is 27.8 Å². The van der Waals surface area contributed by atoms with Crippen LogP contribution >= 0.6 is 0 Å². The molecule has 3 aromatic heterocycles. The molecular formula is C22H25N7O. The van der Waals surface area contributed by atoms with Crippen molar-refractivity contribution in [3.05, 3.63) is 48.7 Å². The molecule has 0 saturated carbocycles. The molecule has 0 spiro atoms. The van der Waals surface area contributed by atoms with E-state index in [0.29, 0.717) is 17.3 Å². The van der Waals surface area contributed by atoms with Crippen LogP contribution in [0.2, 0.25) is 0 Å². The molecular weight excluding hydrogens is 378 g/mol. The number of nitrogens with one attached hydrogen (secondary N) is 2. The molecule has 1 atom stereocenters. The number of hydrogen-bond donors (Lipinski definition) is 2. The molecule has 0 radical (unpaired) electrons. The van der Waals surface area contributed by atoms with Gasteiger partial charge in [-0.1, -0.05) is 18.2 Å². The second-order valence-corrected chi connectivity index (χ2v) is 7.88. The van der Waals surface area contributed by atoms with Gasteiger partial charge < -0.3 is 19.9 Å². The van der Waals surface area contributed by atoms with Crippen molar-refractivity contribution in [2.75, 3.05) is 25.5 Å². The summed E-state index contributed by atoms with van der Waals surface area (Å²) < 4.78 is 6.41. The zero-order valence-electron chi connectivity index (χ0n) is 17.2. The second-order valence-electron chi connectivity index (χ2n) is 7.88. The average molecular weight is 403 g/mol. The summed E-state index contributed by atoms with van der Waals surface area (Å²) in [5, 5.41) is 5.61. The number of piperidine rings is 1. The zero-order valence-corrected chi connectivity index (χ0v) is 17.2. The van der Waals surface area contributed by atoms with E-state index in [1.54, 1.807) is 6.33 Å². The number of imidazole rings is 1. The van der Waals surface area contributed by atoms with Gasteiger partial charge in [0.05, 0.1) is 18.1 Å². The van der Waals surface area contributed by atoms with Gasteiger partial charge in [0.15, 0.2) is 11.5 Å². The molecule has 1 unspecified atom stereocenters. The van der Waals surface area contributed by atoms with Gasteiger partial charge in [-0.25, -0.2) is 19.9 Å². The van der Waals surface area contributed by atoms with Crippen LogP contribution in [-0.4, -0.2) is 56.1 Å². The summed E-state index contributed by atoms with van der Waals surface area (Å²) in [6.45, 7) is 4.17. The van der Waals surface area contributed by atoms with Gasteiger partial charge >= 0.3 is 0 Å². The molecule has 4 aromatic rings. The van der Waals surface area contributed by atoms with Crippen LogP contribution in [0.3, 0.4) is 0 Å². The average Bonchev–Trinajstić information content (AvgIpc) is 3.25.